The first-order chi connectivity index (χ1) is 8.28. The minimum atomic E-state index is 0.620. The molecule has 0 aromatic carbocycles. The monoisotopic (exact) mass is 232 g/mol. The van der Waals surface area contributed by atoms with Gasteiger partial charge in [0.05, 0.1) is 11.8 Å². The van der Waals surface area contributed by atoms with E-state index in [1.807, 2.05) is 22.5 Å². The van der Waals surface area contributed by atoms with E-state index >= 15 is 0 Å². The van der Waals surface area contributed by atoms with Crippen LogP contribution in [0, 0.1) is 0 Å². The molecule has 0 saturated heterocycles. The summed E-state index contributed by atoms with van der Waals surface area (Å²) in [5.41, 5.74) is 2.23. The standard InChI is InChI=1S/C12H16N4O/c1-3-5-16-8-11(9-17)12(14-16)10-6-13-15(4-2)7-10/h6-9H,3-5H2,1-2H3. The van der Waals surface area contributed by atoms with Gasteiger partial charge in [-0.15, -0.1) is 0 Å². The minimum Gasteiger partial charge on any atom is -0.298 e. The van der Waals surface area contributed by atoms with E-state index in [1.165, 1.54) is 0 Å². The Morgan fingerprint density at radius 1 is 1.29 bits per heavy atom. The van der Waals surface area contributed by atoms with Crippen LogP contribution in [0.5, 0.6) is 0 Å². The average molecular weight is 232 g/mol. The highest BCUT2D eigenvalue weighted by Crippen LogP contribution is 2.20. The number of rotatable bonds is 5. The molecule has 0 N–H and O–H groups in total. The number of carbonyl (C=O) groups excluding carboxylic acids is 1. The van der Waals surface area contributed by atoms with Gasteiger partial charge in [0.2, 0.25) is 0 Å². The van der Waals surface area contributed by atoms with Gasteiger partial charge in [0.15, 0.2) is 6.29 Å². The van der Waals surface area contributed by atoms with Crippen LogP contribution in [0.2, 0.25) is 0 Å². The zero-order valence-corrected chi connectivity index (χ0v) is 10.1. The Hall–Kier alpha value is -1.91. The molecule has 0 spiro atoms. The molecule has 0 aliphatic carbocycles. The second kappa shape index (κ2) is 4.95. The fraction of sp³-hybridized carbons (Fsp3) is 0.417. The summed E-state index contributed by atoms with van der Waals surface area (Å²) in [4.78, 5) is 11.0. The second-order valence-electron chi connectivity index (χ2n) is 3.90. The quantitative estimate of drug-likeness (QED) is 0.741. The molecule has 0 amide bonds. The van der Waals surface area contributed by atoms with Crippen molar-refractivity contribution in [1.29, 1.82) is 0 Å². The maximum absolute atomic E-state index is 11.0. The molecule has 2 aromatic rings. The van der Waals surface area contributed by atoms with Gasteiger partial charge in [-0.2, -0.15) is 10.2 Å². The number of nitrogens with zero attached hydrogens (tertiary/aromatic N) is 4. The van der Waals surface area contributed by atoms with Crippen LogP contribution in [0.25, 0.3) is 11.3 Å². The predicted molar refractivity (Wildman–Crippen MR) is 64.8 cm³/mol. The van der Waals surface area contributed by atoms with E-state index in [9.17, 15) is 4.79 Å². The van der Waals surface area contributed by atoms with Crippen LogP contribution < -0.4 is 0 Å². The number of aryl methyl sites for hydroxylation is 2. The highest BCUT2D eigenvalue weighted by Gasteiger charge is 2.12. The lowest BCUT2D eigenvalue weighted by molar-refractivity contribution is 0.112. The first kappa shape index (κ1) is 11.6. The van der Waals surface area contributed by atoms with E-state index in [0.29, 0.717) is 11.3 Å². The molecule has 90 valence electrons. The van der Waals surface area contributed by atoms with E-state index in [1.54, 1.807) is 12.4 Å². The van der Waals surface area contributed by atoms with Gasteiger partial charge in [-0.05, 0) is 13.3 Å². The number of carbonyl (C=O) groups is 1. The molecule has 2 aromatic heterocycles. The fourth-order valence-corrected chi connectivity index (χ4v) is 1.75. The van der Waals surface area contributed by atoms with Crippen LogP contribution in [0.15, 0.2) is 18.6 Å². The molecule has 0 radical (unpaired) electrons. The first-order valence-electron chi connectivity index (χ1n) is 5.84. The second-order valence-corrected chi connectivity index (χ2v) is 3.90. The van der Waals surface area contributed by atoms with Gasteiger partial charge < -0.3 is 0 Å². The van der Waals surface area contributed by atoms with Crippen molar-refractivity contribution in [2.24, 2.45) is 0 Å². The van der Waals surface area contributed by atoms with E-state index in [0.717, 1.165) is 31.4 Å². The van der Waals surface area contributed by atoms with Crippen molar-refractivity contribution in [3.8, 4) is 11.3 Å². The molecule has 5 heteroatoms. The molecule has 0 aliphatic heterocycles. The van der Waals surface area contributed by atoms with Gasteiger partial charge in [0.1, 0.15) is 5.69 Å². The van der Waals surface area contributed by atoms with Crippen molar-refractivity contribution < 1.29 is 4.79 Å². The fourth-order valence-electron chi connectivity index (χ4n) is 1.75. The normalized spacial score (nSPS) is 10.7. The molecule has 0 saturated carbocycles. The third-order valence-electron chi connectivity index (χ3n) is 2.60. The van der Waals surface area contributed by atoms with Gasteiger partial charge >= 0.3 is 0 Å². The predicted octanol–water partition coefficient (Wildman–Crippen LogP) is 1.99. The largest absolute Gasteiger partial charge is 0.298 e. The Morgan fingerprint density at radius 2 is 2.12 bits per heavy atom. The van der Waals surface area contributed by atoms with Crippen LogP contribution in [-0.4, -0.2) is 25.8 Å². The van der Waals surface area contributed by atoms with Crippen molar-refractivity contribution >= 4 is 6.29 Å². The SMILES string of the molecule is CCCn1cc(C=O)c(-c2cnn(CC)c2)n1. The molecule has 5 nitrogen and oxygen atoms in total. The zero-order valence-electron chi connectivity index (χ0n) is 10.1. The van der Waals surface area contributed by atoms with E-state index in [4.69, 9.17) is 0 Å². The summed E-state index contributed by atoms with van der Waals surface area (Å²) in [6.45, 7) is 5.74. The Labute approximate surface area is 100 Å². The van der Waals surface area contributed by atoms with Crippen LogP contribution >= 0.6 is 0 Å². The summed E-state index contributed by atoms with van der Waals surface area (Å²) in [6.07, 6.45) is 7.28. The van der Waals surface area contributed by atoms with Crippen LogP contribution in [-0.2, 0) is 13.1 Å². The van der Waals surface area contributed by atoms with Gasteiger partial charge in [0.25, 0.3) is 0 Å². The molecule has 2 rings (SSSR count). The van der Waals surface area contributed by atoms with Gasteiger partial charge in [-0.3, -0.25) is 14.2 Å². The average Bonchev–Trinajstić information content (AvgIpc) is 2.94. The Morgan fingerprint density at radius 3 is 2.71 bits per heavy atom. The maximum Gasteiger partial charge on any atom is 0.153 e. The molecular weight excluding hydrogens is 216 g/mol. The third-order valence-corrected chi connectivity index (χ3v) is 2.60. The van der Waals surface area contributed by atoms with Crippen LogP contribution in [0.4, 0.5) is 0 Å². The van der Waals surface area contributed by atoms with Crippen molar-refractivity contribution in [3.63, 3.8) is 0 Å². The van der Waals surface area contributed by atoms with Crippen molar-refractivity contribution in [2.45, 2.75) is 33.4 Å². The first-order valence-corrected chi connectivity index (χ1v) is 5.84. The van der Waals surface area contributed by atoms with E-state index in [-0.39, 0.29) is 0 Å². The third kappa shape index (κ3) is 2.27. The zero-order chi connectivity index (χ0) is 12.3. The lowest BCUT2D eigenvalue weighted by Gasteiger charge is -1.95. The Kier molecular flexibility index (Phi) is 3.37. The number of aldehydes is 1. The van der Waals surface area contributed by atoms with Crippen molar-refractivity contribution in [2.75, 3.05) is 0 Å². The summed E-state index contributed by atoms with van der Waals surface area (Å²) in [7, 11) is 0. The minimum absolute atomic E-state index is 0.620. The number of hydrogen-bond acceptors (Lipinski definition) is 3. The summed E-state index contributed by atoms with van der Waals surface area (Å²) in [5.74, 6) is 0. The Balaban J connectivity index is 2.38. The summed E-state index contributed by atoms with van der Waals surface area (Å²) in [5, 5.41) is 8.61. The molecule has 0 atom stereocenters. The molecule has 0 fully saturated rings. The molecule has 17 heavy (non-hydrogen) atoms. The molecule has 0 unspecified atom stereocenters. The lowest BCUT2D eigenvalue weighted by Crippen LogP contribution is -1.96. The Bertz CT molecular complexity index is 512. The maximum atomic E-state index is 11.0. The highest BCUT2D eigenvalue weighted by molar-refractivity contribution is 5.85. The number of aromatic nitrogens is 4. The van der Waals surface area contributed by atoms with Crippen LogP contribution in [0.3, 0.4) is 0 Å². The van der Waals surface area contributed by atoms with Crippen molar-refractivity contribution in [3.05, 3.63) is 24.2 Å². The molecule has 0 bridgehead atoms. The lowest BCUT2D eigenvalue weighted by atomic mass is 10.2. The van der Waals surface area contributed by atoms with Gasteiger partial charge in [0, 0.05) is 31.0 Å². The highest BCUT2D eigenvalue weighted by atomic mass is 16.1. The van der Waals surface area contributed by atoms with Crippen molar-refractivity contribution in [1.82, 2.24) is 19.6 Å². The van der Waals surface area contributed by atoms with Gasteiger partial charge in [-0.1, -0.05) is 6.92 Å². The molecule has 0 aliphatic rings. The smallest absolute Gasteiger partial charge is 0.153 e. The van der Waals surface area contributed by atoms with E-state index in [2.05, 4.69) is 17.1 Å². The summed E-state index contributed by atoms with van der Waals surface area (Å²) in [6, 6.07) is 0. The number of hydrogen-bond donors (Lipinski definition) is 0. The van der Waals surface area contributed by atoms with Crippen LogP contribution in [0.1, 0.15) is 30.6 Å². The molecular formula is C12H16N4O. The topological polar surface area (TPSA) is 52.7 Å². The van der Waals surface area contributed by atoms with E-state index < -0.39 is 0 Å². The summed E-state index contributed by atoms with van der Waals surface area (Å²) >= 11 is 0. The summed E-state index contributed by atoms with van der Waals surface area (Å²) < 4.78 is 3.63. The molecule has 2 heterocycles. The van der Waals surface area contributed by atoms with Gasteiger partial charge in [-0.25, -0.2) is 0 Å².